The number of hydrogen-bond acceptors (Lipinski definition) is 6. The van der Waals surface area contributed by atoms with Gasteiger partial charge in [-0.1, -0.05) is 64.0 Å². The number of aliphatic carboxylic acids is 1. The van der Waals surface area contributed by atoms with E-state index >= 15 is 0 Å². The number of unbranched alkanes of at least 4 members (excludes halogenated alkanes) is 10. The summed E-state index contributed by atoms with van der Waals surface area (Å²) in [5, 5.41) is 8.54. The number of ketones is 1. The van der Waals surface area contributed by atoms with Gasteiger partial charge in [0.05, 0.1) is 0 Å². The van der Waals surface area contributed by atoms with Gasteiger partial charge in [0.15, 0.2) is 5.78 Å². The number of carbonyl (C=O) groups is 3. The third kappa shape index (κ3) is 26.4. The third-order valence-corrected chi connectivity index (χ3v) is 5.11. The molecule has 192 valence electrons. The van der Waals surface area contributed by atoms with Crippen molar-refractivity contribution < 1.29 is 33.7 Å². The molecule has 33 heavy (non-hydrogen) atoms. The van der Waals surface area contributed by atoms with E-state index in [0.29, 0.717) is 32.7 Å². The zero-order valence-electron chi connectivity index (χ0n) is 20.7. The molecule has 7 nitrogen and oxygen atoms in total. The zero-order valence-corrected chi connectivity index (χ0v) is 20.7. The van der Waals surface area contributed by atoms with Gasteiger partial charge in [0.2, 0.25) is 0 Å². The summed E-state index contributed by atoms with van der Waals surface area (Å²) in [7, 11) is 0. The van der Waals surface area contributed by atoms with Crippen molar-refractivity contribution in [2.45, 2.75) is 103 Å². The van der Waals surface area contributed by atoms with Gasteiger partial charge in [-0.3, -0.25) is 14.4 Å². The largest absolute Gasteiger partial charge is 0.481 e. The lowest BCUT2D eigenvalue weighted by Gasteiger charge is -2.05. The van der Waals surface area contributed by atoms with Crippen LogP contribution in [-0.4, -0.2) is 55.9 Å². The minimum atomic E-state index is -0.787. The SMILES string of the molecule is CCCCCCCC/C=C\COC(=O)CCCCCOCC(=O)COCCCCCC(=O)O. The molecule has 0 aliphatic heterocycles. The molecule has 1 N–H and O–H groups in total. The number of hydrogen-bond donors (Lipinski definition) is 1. The van der Waals surface area contributed by atoms with Crippen LogP contribution in [0.15, 0.2) is 12.2 Å². The van der Waals surface area contributed by atoms with Crippen LogP contribution in [0, 0.1) is 0 Å². The Kier molecular flexibility index (Phi) is 23.6. The van der Waals surface area contributed by atoms with E-state index in [1.54, 1.807) is 0 Å². The molecule has 0 bridgehead atoms. The van der Waals surface area contributed by atoms with E-state index in [9.17, 15) is 14.4 Å². The number of rotatable bonds is 25. The number of esters is 1. The van der Waals surface area contributed by atoms with E-state index in [-0.39, 0.29) is 31.4 Å². The van der Waals surface area contributed by atoms with Gasteiger partial charge in [-0.15, -0.1) is 0 Å². The van der Waals surface area contributed by atoms with Crippen LogP contribution in [0.25, 0.3) is 0 Å². The average molecular weight is 471 g/mol. The lowest BCUT2D eigenvalue weighted by atomic mass is 10.1. The predicted octanol–water partition coefficient (Wildman–Crippen LogP) is 5.64. The molecule has 7 heteroatoms. The Morgan fingerprint density at radius 1 is 0.697 bits per heavy atom. The third-order valence-electron chi connectivity index (χ3n) is 5.11. The summed E-state index contributed by atoms with van der Waals surface area (Å²) in [5.74, 6) is -1.06. The smallest absolute Gasteiger partial charge is 0.306 e. The molecule has 0 rings (SSSR count). The maximum Gasteiger partial charge on any atom is 0.306 e. The number of Topliss-reactive ketones (excluding diaryl/α,β-unsaturated/α-hetero) is 1. The summed E-state index contributed by atoms with van der Waals surface area (Å²) in [6.45, 7) is 3.57. The van der Waals surface area contributed by atoms with Crippen LogP contribution in [0.2, 0.25) is 0 Å². The molecular formula is C26H46O7. The Hall–Kier alpha value is -1.73. The van der Waals surface area contributed by atoms with E-state index in [1.165, 1.54) is 38.5 Å². The van der Waals surface area contributed by atoms with Crippen molar-refractivity contribution in [1.29, 1.82) is 0 Å². The number of carbonyl (C=O) groups excluding carboxylic acids is 2. The van der Waals surface area contributed by atoms with E-state index in [2.05, 4.69) is 13.0 Å². The molecule has 0 saturated carbocycles. The summed E-state index contributed by atoms with van der Waals surface area (Å²) in [6, 6.07) is 0. The van der Waals surface area contributed by atoms with Crippen molar-refractivity contribution in [3.8, 4) is 0 Å². The van der Waals surface area contributed by atoms with Crippen molar-refractivity contribution in [2.75, 3.05) is 33.0 Å². The lowest BCUT2D eigenvalue weighted by molar-refractivity contribution is -0.142. The number of carboxylic acid groups (broad SMARTS) is 1. The van der Waals surface area contributed by atoms with Gasteiger partial charge in [0.1, 0.15) is 19.8 Å². The molecule has 0 heterocycles. The van der Waals surface area contributed by atoms with Gasteiger partial charge in [-0.2, -0.15) is 0 Å². The molecule has 0 aromatic heterocycles. The zero-order chi connectivity index (χ0) is 24.4. The standard InChI is InChI=1S/C26H46O7/c1-2-3-4-5-6-7-8-9-16-21-33-26(30)18-13-11-15-20-32-23-24(27)22-31-19-14-10-12-17-25(28)29/h9,16H,2-8,10-15,17-23H2,1H3,(H,28,29)/b16-9-. The molecule has 0 saturated heterocycles. The van der Waals surface area contributed by atoms with Crippen LogP contribution < -0.4 is 0 Å². The van der Waals surface area contributed by atoms with Crippen molar-refractivity contribution in [3.63, 3.8) is 0 Å². The molecule has 0 unspecified atom stereocenters. The second kappa shape index (κ2) is 24.9. The van der Waals surface area contributed by atoms with Gasteiger partial charge >= 0.3 is 11.9 Å². The minimum Gasteiger partial charge on any atom is -0.481 e. The van der Waals surface area contributed by atoms with Crippen LogP contribution in [0.5, 0.6) is 0 Å². The number of carboxylic acids is 1. The molecule has 0 radical (unpaired) electrons. The van der Waals surface area contributed by atoms with Crippen LogP contribution in [-0.2, 0) is 28.6 Å². The number of ether oxygens (including phenoxy) is 3. The van der Waals surface area contributed by atoms with Gasteiger partial charge in [-0.25, -0.2) is 0 Å². The molecule has 0 atom stereocenters. The normalized spacial score (nSPS) is 11.2. The van der Waals surface area contributed by atoms with Gasteiger partial charge in [0.25, 0.3) is 0 Å². The van der Waals surface area contributed by atoms with Crippen molar-refractivity contribution in [1.82, 2.24) is 0 Å². The molecule has 0 fully saturated rings. The summed E-state index contributed by atoms with van der Waals surface area (Å²) >= 11 is 0. The fraction of sp³-hybridized carbons (Fsp3) is 0.808. The topological polar surface area (TPSA) is 99.1 Å². The Labute approximate surface area is 200 Å². The van der Waals surface area contributed by atoms with E-state index in [0.717, 1.165) is 38.5 Å². The van der Waals surface area contributed by atoms with Crippen molar-refractivity contribution in [3.05, 3.63) is 12.2 Å². The first kappa shape index (κ1) is 31.3. The Morgan fingerprint density at radius 3 is 1.91 bits per heavy atom. The maximum absolute atomic E-state index is 11.7. The Bertz CT molecular complexity index is 517. The minimum absolute atomic E-state index is 0.0260. The van der Waals surface area contributed by atoms with Crippen LogP contribution in [0.3, 0.4) is 0 Å². The first-order valence-corrected chi connectivity index (χ1v) is 12.8. The Morgan fingerprint density at radius 2 is 1.27 bits per heavy atom. The Balaban J connectivity index is 3.35. The molecule has 0 aromatic carbocycles. The fourth-order valence-electron chi connectivity index (χ4n) is 3.16. The molecule has 0 aliphatic rings. The highest BCUT2D eigenvalue weighted by Crippen LogP contribution is 2.07. The predicted molar refractivity (Wildman–Crippen MR) is 129 cm³/mol. The summed E-state index contributed by atoms with van der Waals surface area (Å²) < 4.78 is 15.8. The fourth-order valence-corrected chi connectivity index (χ4v) is 3.16. The molecule has 0 aromatic rings. The first-order valence-electron chi connectivity index (χ1n) is 12.8. The summed E-state index contributed by atoms with van der Waals surface area (Å²) in [4.78, 5) is 33.7. The monoisotopic (exact) mass is 470 g/mol. The average Bonchev–Trinajstić information content (AvgIpc) is 2.78. The molecule has 0 amide bonds. The lowest BCUT2D eigenvalue weighted by Crippen LogP contribution is -2.16. The van der Waals surface area contributed by atoms with Crippen LogP contribution in [0.1, 0.15) is 103 Å². The molecule has 0 aliphatic carbocycles. The van der Waals surface area contributed by atoms with Crippen molar-refractivity contribution >= 4 is 17.7 Å². The maximum atomic E-state index is 11.7. The van der Waals surface area contributed by atoms with E-state index in [4.69, 9.17) is 19.3 Å². The van der Waals surface area contributed by atoms with Crippen LogP contribution >= 0.6 is 0 Å². The summed E-state index contributed by atoms with van der Waals surface area (Å²) in [5.41, 5.74) is 0. The highest BCUT2D eigenvalue weighted by Gasteiger charge is 2.04. The second-order valence-electron chi connectivity index (χ2n) is 8.37. The van der Waals surface area contributed by atoms with Crippen molar-refractivity contribution in [2.24, 2.45) is 0 Å². The van der Waals surface area contributed by atoms with Gasteiger partial charge < -0.3 is 19.3 Å². The van der Waals surface area contributed by atoms with E-state index < -0.39 is 5.97 Å². The molecule has 0 spiro atoms. The van der Waals surface area contributed by atoms with Crippen LogP contribution in [0.4, 0.5) is 0 Å². The molecular weight excluding hydrogens is 424 g/mol. The first-order chi connectivity index (χ1) is 16.1. The highest BCUT2D eigenvalue weighted by atomic mass is 16.5. The number of allylic oxidation sites excluding steroid dienone is 1. The quantitative estimate of drug-likeness (QED) is 0.105. The van der Waals surface area contributed by atoms with E-state index in [1.807, 2.05) is 6.08 Å². The summed E-state index contributed by atoms with van der Waals surface area (Å²) in [6.07, 6.45) is 17.9. The highest BCUT2D eigenvalue weighted by molar-refractivity contribution is 5.80. The van der Waals surface area contributed by atoms with Gasteiger partial charge in [0, 0.05) is 26.1 Å². The van der Waals surface area contributed by atoms with Gasteiger partial charge in [-0.05, 0) is 38.5 Å². The second-order valence-corrected chi connectivity index (χ2v) is 8.37.